The third kappa shape index (κ3) is 4.43. The lowest BCUT2D eigenvalue weighted by atomic mass is 10.1. The first-order chi connectivity index (χ1) is 14.9. The smallest absolute Gasteiger partial charge is 0.271 e. The molecule has 0 bridgehead atoms. The Labute approximate surface area is 183 Å². The van der Waals surface area contributed by atoms with Gasteiger partial charge in [0.25, 0.3) is 5.95 Å². The van der Waals surface area contributed by atoms with Gasteiger partial charge in [0, 0.05) is 11.4 Å². The normalized spacial score (nSPS) is 11.1. The Hall–Kier alpha value is -3.67. The van der Waals surface area contributed by atoms with Crippen LogP contribution in [-0.2, 0) is 12.2 Å². The average molecular weight is 438 g/mol. The van der Waals surface area contributed by atoms with Crippen molar-refractivity contribution in [3.8, 4) is 5.95 Å². The van der Waals surface area contributed by atoms with Gasteiger partial charge in [-0.2, -0.15) is 20.1 Å². The number of nitrogens with zero attached hydrogens (tertiary/aromatic N) is 8. The van der Waals surface area contributed by atoms with Crippen molar-refractivity contribution < 1.29 is 0 Å². The van der Waals surface area contributed by atoms with Crippen LogP contribution in [0.4, 0.5) is 17.6 Å². The van der Waals surface area contributed by atoms with Crippen LogP contribution in [0.1, 0.15) is 29.7 Å². The molecule has 0 saturated carbocycles. The van der Waals surface area contributed by atoms with Crippen LogP contribution in [0.25, 0.3) is 5.95 Å². The van der Waals surface area contributed by atoms with Gasteiger partial charge in [-0.15, -0.1) is 10.2 Å². The number of hydrogen-bond acceptors (Lipinski definition) is 10. The van der Waals surface area contributed by atoms with Crippen LogP contribution in [0.15, 0.2) is 35.5 Å². The van der Waals surface area contributed by atoms with Gasteiger partial charge < -0.3 is 16.9 Å². The first-order valence-electron chi connectivity index (χ1n) is 9.67. The van der Waals surface area contributed by atoms with Crippen molar-refractivity contribution in [2.24, 2.45) is 0 Å². The Kier molecular flexibility index (Phi) is 5.71. The number of nitrogens with one attached hydrogen (secondary N) is 1. The van der Waals surface area contributed by atoms with E-state index in [1.807, 2.05) is 38.1 Å². The molecule has 1 aromatic carbocycles. The van der Waals surface area contributed by atoms with E-state index in [0.717, 1.165) is 29.1 Å². The summed E-state index contributed by atoms with van der Waals surface area (Å²) < 4.78 is 3.05. The summed E-state index contributed by atoms with van der Waals surface area (Å²) in [5, 5.41) is 16.5. The molecule has 0 aliphatic rings. The minimum atomic E-state index is 0.139. The fourth-order valence-corrected chi connectivity index (χ4v) is 3.81. The molecule has 4 rings (SSSR count). The lowest BCUT2D eigenvalue weighted by Crippen LogP contribution is -2.17. The van der Waals surface area contributed by atoms with Crippen LogP contribution >= 0.6 is 11.8 Å². The van der Waals surface area contributed by atoms with Gasteiger partial charge in [0.15, 0.2) is 0 Å². The van der Waals surface area contributed by atoms with Crippen LogP contribution < -0.4 is 16.9 Å². The molecule has 0 aliphatic heterocycles. The highest BCUT2D eigenvalue weighted by molar-refractivity contribution is 7.98. The minimum absolute atomic E-state index is 0.139. The van der Waals surface area contributed by atoms with Crippen molar-refractivity contribution in [2.75, 3.05) is 16.9 Å². The zero-order valence-electron chi connectivity index (χ0n) is 17.4. The Bertz CT molecular complexity index is 1210. The van der Waals surface area contributed by atoms with E-state index in [1.54, 1.807) is 4.68 Å². The van der Waals surface area contributed by atoms with Crippen molar-refractivity contribution in [1.29, 1.82) is 0 Å². The van der Waals surface area contributed by atoms with E-state index in [2.05, 4.69) is 48.6 Å². The Morgan fingerprint density at radius 3 is 2.65 bits per heavy atom. The number of hydrogen-bond donors (Lipinski definition) is 3. The summed E-state index contributed by atoms with van der Waals surface area (Å²) in [6.07, 6.45) is 0.885. The van der Waals surface area contributed by atoms with E-state index < -0.39 is 0 Å². The highest BCUT2D eigenvalue weighted by Crippen LogP contribution is 2.23. The molecule has 5 N–H and O–H groups in total. The number of aryl methyl sites for hydroxylation is 3. The maximum atomic E-state index is 6.19. The van der Waals surface area contributed by atoms with Gasteiger partial charge in [0.2, 0.25) is 17.1 Å². The molecular weight excluding hydrogens is 414 g/mol. The second kappa shape index (κ2) is 8.60. The van der Waals surface area contributed by atoms with E-state index in [1.165, 1.54) is 16.4 Å². The molecular formula is C19H23N11S. The fraction of sp³-hybridized carbons (Fsp3) is 0.263. The summed E-state index contributed by atoms with van der Waals surface area (Å²) >= 11 is 1.35. The largest absolute Gasteiger partial charge is 0.368 e. The van der Waals surface area contributed by atoms with Crippen LogP contribution in [0.3, 0.4) is 0 Å². The summed E-state index contributed by atoms with van der Waals surface area (Å²) in [4.78, 5) is 12.9. The van der Waals surface area contributed by atoms with Crippen molar-refractivity contribution in [3.63, 3.8) is 0 Å². The second-order valence-corrected chi connectivity index (χ2v) is 7.79. The number of nitrogens with two attached hydrogens (primary N) is 2. The van der Waals surface area contributed by atoms with Gasteiger partial charge in [-0.05, 0) is 38.0 Å². The van der Waals surface area contributed by atoms with Crippen LogP contribution in [-0.4, -0.2) is 39.6 Å². The lowest BCUT2D eigenvalue weighted by Gasteiger charge is -2.10. The number of para-hydroxylation sites is 1. The summed E-state index contributed by atoms with van der Waals surface area (Å²) in [6, 6.07) is 9.93. The number of thioether (sulfide) groups is 1. The van der Waals surface area contributed by atoms with Gasteiger partial charge in [0.05, 0.1) is 11.4 Å². The number of nitrogen functional groups attached to an aromatic ring is 2. The van der Waals surface area contributed by atoms with Crippen LogP contribution in [0.5, 0.6) is 0 Å². The van der Waals surface area contributed by atoms with E-state index in [4.69, 9.17) is 11.6 Å². The molecule has 0 aliphatic carbocycles. The predicted molar refractivity (Wildman–Crippen MR) is 120 cm³/mol. The molecule has 0 unspecified atom stereocenters. The van der Waals surface area contributed by atoms with E-state index in [-0.39, 0.29) is 5.95 Å². The standard InChI is InChI=1S/C19H23N11S/c1-4-13-7-5-6-8-14(13)22-17-24-15(23-16(20)25-17)10-31-19-27-26-18(29(19)21)30-12(3)9-11(2)28-30/h5-9H,4,10,21H2,1-3H3,(H3,20,22,23,24,25). The molecule has 12 heteroatoms. The number of rotatable bonds is 7. The average Bonchev–Trinajstić information content (AvgIpc) is 3.27. The first-order valence-corrected chi connectivity index (χ1v) is 10.7. The summed E-state index contributed by atoms with van der Waals surface area (Å²) in [5.41, 5.74) is 9.79. The van der Waals surface area contributed by atoms with Crippen molar-refractivity contribution in [3.05, 3.63) is 53.1 Å². The SMILES string of the molecule is CCc1ccccc1Nc1nc(N)nc(CSc2nnc(-n3nc(C)cc3C)n2N)n1. The van der Waals surface area contributed by atoms with Gasteiger partial charge in [-0.3, -0.25) is 0 Å². The number of anilines is 3. The third-order valence-electron chi connectivity index (χ3n) is 4.52. The maximum Gasteiger partial charge on any atom is 0.271 e. The molecule has 0 saturated heterocycles. The van der Waals surface area contributed by atoms with Crippen molar-refractivity contribution in [1.82, 2.24) is 39.6 Å². The van der Waals surface area contributed by atoms with E-state index in [9.17, 15) is 0 Å². The molecule has 0 atom stereocenters. The van der Waals surface area contributed by atoms with Gasteiger partial charge in [-0.1, -0.05) is 36.9 Å². The highest BCUT2D eigenvalue weighted by atomic mass is 32.2. The van der Waals surface area contributed by atoms with Gasteiger partial charge in [0.1, 0.15) is 5.82 Å². The van der Waals surface area contributed by atoms with E-state index in [0.29, 0.717) is 28.6 Å². The molecule has 11 nitrogen and oxygen atoms in total. The monoisotopic (exact) mass is 437 g/mol. The Morgan fingerprint density at radius 2 is 1.90 bits per heavy atom. The van der Waals surface area contributed by atoms with E-state index >= 15 is 0 Å². The molecule has 3 heterocycles. The molecule has 160 valence electrons. The highest BCUT2D eigenvalue weighted by Gasteiger charge is 2.16. The van der Waals surface area contributed by atoms with Crippen molar-refractivity contribution >= 4 is 29.3 Å². The minimum Gasteiger partial charge on any atom is -0.368 e. The van der Waals surface area contributed by atoms with Crippen molar-refractivity contribution in [2.45, 2.75) is 38.1 Å². The number of benzene rings is 1. The maximum absolute atomic E-state index is 6.19. The molecule has 0 amide bonds. The second-order valence-electron chi connectivity index (χ2n) is 6.85. The number of aromatic nitrogens is 8. The zero-order valence-corrected chi connectivity index (χ0v) is 18.3. The quantitative estimate of drug-likeness (QED) is 0.290. The first kappa shape index (κ1) is 20.6. The third-order valence-corrected chi connectivity index (χ3v) is 5.46. The Morgan fingerprint density at radius 1 is 1.10 bits per heavy atom. The predicted octanol–water partition coefficient (Wildman–Crippen LogP) is 2.16. The lowest BCUT2D eigenvalue weighted by molar-refractivity contribution is 0.727. The van der Waals surface area contributed by atoms with Gasteiger partial charge >= 0.3 is 0 Å². The van der Waals surface area contributed by atoms with Crippen LogP contribution in [0.2, 0.25) is 0 Å². The molecule has 0 fully saturated rings. The Balaban J connectivity index is 1.51. The molecule has 0 radical (unpaired) electrons. The molecule has 3 aromatic heterocycles. The van der Waals surface area contributed by atoms with Crippen LogP contribution in [0, 0.1) is 13.8 Å². The summed E-state index contributed by atoms with van der Waals surface area (Å²) in [7, 11) is 0. The molecule has 31 heavy (non-hydrogen) atoms. The topological polar surface area (TPSA) is 151 Å². The zero-order chi connectivity index (χ0) is 22.0. The summed E-state index contributed by atoms with van der Waals surface area (Å²) in [6.45, 7) is 5.93. The molecule has 4 aromatic rings. The fourth-order valence-electron chi connectivity index (χ4n) is 3.10. The van der Waals surface area contributed by atoms with Gasteiger partial charge in [-0.25, -0.2) is 9.36 Å². The summed E-state index contributed by atoms with van der Waals surface area (Å²) in [5.74, 6) is 8.05. The molecule has 0 spiro atoms.